The maximum atomic E-state index is 6.07. The fourth-order valence-electron chi connectivity index (χ4n) is 1.81. The second kappa shape index (κ2) is 6.87. The number of anilines is 1. The monoisotopic (exact) mass is 254 g/mol. The van der Waals surface area contributed by atoms with Crippen LogP contribution in [0.25, 0.3) is 0 Å². The smallest absolute Gasteiger partial charge is 0.0412 e. The summed E-state index contributed by atoms with van der Waals surface area (Å²) in [7, 11) is 2.15. The van der Waals surface area contributed by atoms with Crippen LogP contribution in [-0.4, -0.2) is 19.6 Å². The van der Waals surface area contributed by atoms with Gasteiger partial charge in [0.15, 0.2) is 0 Å². The minimum atomic E-state index is 0.538. The Labute approximate surface area is 110 Å². The summed E-state index contributed by atoms with van der Waals surface area (Å²) in [6.07, 6.45) is 1.14. The maximum absolute atomic E-state index is 6.07. The predicted molar refractivity (Wildman–Crippen MR) is 77.0 cm³/mol. The molecule has 0 aliphatic carbocycles. The Bertz CT molecular complexity index is 352. The van der Waals surface area contributed by atoms with E-state index in [1.54, 1.807) is 0 Å². The molecule has 1 N–H and O–H groups in total. The first-order valence-corrected chi connectivity index (χ1v) is 6.69. The lowest BCUT2D eigenvalue weighted by molar-refractivity contribution is 0.655. The van der Waals surface area contributed by atoms with Crippen LogP contribution in [0.2, 0.25) is 5.02 Å². The van der Waals surface area contributed by atoms with E-state index >= 15 is 0 Å². The molecule has 1 atom stereocenters. The number of nitrogens with one attached hydrogen (secondary N) is 1. The summed E-state index contributed by atoms with van der Waals surface area (Å²) in [5, 5.41) is 4.16. The highest BCUT2D eigenvalue weighted by Crippen LogP contribution is 2.25. The highest BCUT2D eigenvalue weighted by molar-refractivity contribution is 6.30. The second-order valence-corrected chi connectivity index (χ2v) is 4.86. The molecule has 0 aromatic heterocycles. The summed E-state index contributed by atoms with van der Waals surface area (Å²) in [6.45, 7) is 8.40. The molecule has 1 aromatic rings. The van der Waals surface area contributed by atoms with Crippen molar-refractivity contribution in [3.63, 3.8) is 0 Å². The Balaban J connectivity index is 2.96. The summed E-state index contributed by atoms with van der Waals surface area (Å²) in [4.78, 5) is 2.32. The fourth-order valence-corrected chi connectivity index (χ4v) is 2.01. The average molecular weight is 255 g/mol. The lowest BCUT2D eigenvalue weighted by Gasteiger charge is -2.28. The van der Waals surface area contributed by atoms with Crippen molar-refractivity contribution in [1.82, 2.24) is 5.32 Å². The molecule has 0 radical (unpaired) electrons. The van der Waals surface area contributed by atoms with Crippen molar-refractivity contribution in [2.24, 2.45) is 0 Å². The first-order valence-electron chi connectivity index (χ1n) is 6.32. The van der Waals surface area contributed by atoms with Gasteiger partial charge in [-0.1, -0.05) is 25.4 Å². The second-order valence-electron chi connectivity index (χ2n) is 4.42. The fraction of sp³-hybridized carbons (Fsp3) is 0.571. The van der Waals surface area contributed by atoms with Crippen LogP contribution in [0.1, 0.15) is 32.8 Å². The molecule has 0 saturated heterocycles. The Morgan fingerprint density at radius 1 is 1.35 bits per heavy atom. The van der Waals surface area contributed by atoms with Crippen molar-refractivity contribution in [1.29, 1.82) is 0 Å². The molecule has 0 bridgehead atoms. The van der Waals surface area contributed by atoms with Crippen molar-refractivity contribution in [3.05, 3.63) is 28.8 Å². The molecule has 0 spiro atoms. The average Bonchev–Trinajstić information content (AvgIpc) is 2.34. The van der Waals surface area contributed by atoms with Crippen LogP contribution in [0.15, 0.2) is 18.2 Å². The Kier molecular flexibility index (Phi) is 5.79. The van der Waals surface area contributed by atoms with Gasteiger partial charge in [0.05, 0.1) is 0 Å². The van der Waals surface area contributed by atoms with Gasteiger partial charge in [-0.15, -0.1) is 0 Å². The summed E-state index contributed by atoms with van der Waals surface area (Å²) in [5.74, 6) is 0. The number of hydrogen-bond acceptors (Lipinski definition) is 2. The number of benzene rings is 1. The molecular weight excluding hydrogens is 232 g/mol. The van der Waals surface area contributed by atoms with Gasteiger partial charge in [-0.2, -0.15) is 0 Å². The van der Waals surface area contributed by atoms with Gasteiger partial charge < -0.3 is 10.2 Å². The van der Waals surface area contributed by atoms with Gasteiger partial charge >= 0.3 is 0 Å². The van der Waals surface area contributed by atoms with Crippen LogP contribution in [0.3, 0.4) is 0 Å². The molecule has 0 amide bonds. The quantitative estimate of drug-likeness (QED) is 0.833. The zero-order valence-electron chi connectivity index (χ0n) is 11.3. The van der Waals surface area contributed by atoms with Gasteiger partial charge in [0.1, 0.15) is 0 Å². The van der Waals surface area contributed by atoms with Crippen LogP contribution >= 0.6 is 11.6 Å². The van der Waals surface area contributed by atoms with Gasteiger partial charge in [0.2, 0.25) is 0 Å². The van der Waals surface area contributed by atoms with Crippen molar-refractivity contribution >= 4 is 17.3 Å². The minimum absolute atomic E-state index is 0.538. The molecule has 2 nitrogen and oxygen atoms in total. The molecule has 1 rings (SSSR count). The van der Waals surface area contributed by atoms with E-state index in [0.717, 1.165) is 24.5 Å². The Morgan fingerprint density at radius 2 is 2.06 bits per heavy atom. The van der Waals surface area contributed by atoms with E-state index in [-0.39, 0.29) is 0 Å². The molecular formula is C14H23ClN2. The van der Waals surface area contributed by atoms with E-state index in [2.05, 4.69) is 50.2 Å². The van der Waals surface area contributed by atoms with Crippen molar-refractivity contribution in [2.75, 3.05) is 18.5 Å². The molecule has 0 heterocycles. The van der Waals surface area contributed by atoms with Gasteiger partial charge in [0, 0.05) is 30.3 Å². The number of halogens is 1. The lowest BCUT2D eigenvalue weighted by Crippen LogP contribution is -2.29. The summed E-state index contributed by atoms with van der Waals surface area (Å²) >= 11 is 6.07. The molecule has 1 aromatic carbocycles. The first kappa shape index (κ1) is 14.3. The molecule has 0 fully saturated rings. The van der Waals surface area contributed by atoms with E-state index in [1.807, 2.05) is 6.07 Å². The topological polar surface area (TPSA) is 15.3 Å². The van der Waals surface area contributed by atoms with E-state index in [4.69, 9.17) is 11.6 Å². The minimum Gasteiger partial charge on any atom is -0.372 e. The maximum Gasteiger partial charge on any atom is 0.0412 e. The van der Waals surface area contributed by atoms with Crippen LogP contribution in [0.5, 0.6) is 0 Å². The molecule has 1 unspecified atom stereocenters. The molecule has 17 heavy (non-hydrogen) atoms. The number of rotatable bonds is 6. The third-order valence-electron chi connectivity index (χ3n) is 3.24. The van der Waals surface area contributed by atoms with Crippen molar-refractivity contribution in [3.8, 4) is 0 Å². The SMILES string of the molecule is CCNCc1cc(Cl)ccc1N(C)C(C)CC. The van der Waals surface area contributed by atoms with Crippen LogP contribution in [-0.2, 0) is 6.54 Å². The number of hydrogen-bond donors (Lipinski definition) is 1. The van der Waals surface area contributed by atoms with E-state index in [0.29, 0.717) is 6.04 Å². The highest BCUT2D eigenvalue weighted by atomic mass is 35.5. The van der Waals surface area contributed by atoms with Gasteiger partial charge in [-0.05, 0) is 43.7 Å². The van der Waals surface area contributed by atoms with Crippen LogP contribution in [0.4, 0.5) is 5.69 Å². The number of nitrogens with zero attached hydrogens (tertiary/aromatic N) is 1. The largest absolute Gasteiger partial charge is 0.372 e. The normalized spacial score (nSPS) is 12.5. The Morgan fingerprint density at radius 3 is 2.65 bits per heavy atom. The van der Waals surface area contributed by atoms with E-state index in [1.165, 1.54) is 11.3 Å². The zero-order valence-corrected chi connectivity index (χ0v) is 12.0. The highest BCUT2D eigenvalue weighted by Gasteiger charge is 2.12. The Hall–Kier alpha value is -0.730. The van der Waals surface area contributed by atoms with Crippen LogP contribution < -0.4 is 10.2 Å². The van der Waals surface area contributed by atoms with Crippen molar-refractivity contribution < 1.29 is 0 Å². The first-order chi connectivity index (χ1) is 8.10. The summed E-state index contributed by atoms with van der Waals surface area (Å²) in [5.41, 5.74) is 2.53. The standard InChI is InChI=1S/C14H23ClN2/c1-5-11(3)17(4)14-8-7-13(15)9-12(14)10-16-6-2/h7-9,11,16H,5-6,10H2,1-4H3. The summed E-state index contributed by atoms with van der Waals surface area (Å²) < 4.78 is 0. The third kappa shape index (κ3) is 3.90. The van der Waals surface area contributed by atoms with E-state index in [9.17, 15) is 0 Å². The molecule has 3 heteroatoms. The zero-order chi connectivity index (χ0) is 12.8. The van der Waals surface area contributed by atoms with Crippen molar-refractivity contribution in [2.45, 2.75) is 39.8 Å². The third-order valence-corrected chi connectivity index (χ3v) is 3.47. The molecule has 0 aliphatic rings. The van der Waals surface area contributed by atoms with Crippen LogP contribution in [0, 0.1) is 0 Å². The van der Waals surface area contributed by atoms with Gasteiger partial charge in [0.25, 0.3) is 0 Å². The van der Waals surface area contributed by atoms with E-state index < -0.39 is 0 Å². The molecule has 0 aliphatic heterocycles. The lowest BCUT2D eigenvalue weighted by atomic mass is 10.1. The van der Waals surface area contributed by atoms with Gasteiger partial charge in [-0.3, -0.25) is 0 Å². The summed E-state index contributed by atoms with van der Waals surface area (Å²) in [6, 6.07) is 6.67. The predicted octanol–water partition coefficient (Wildman–Crippen LogP) is 3.68. The van der Waals surface area contributed by atoms with Gasteiger partial charge in [-0.25, -0.2) is 0 Å². The molecule has 96 valence electrons. The molecule has 0 saturated carbocycles.